The summed E-state index contributed by atoms with van der Waals surface area (Å²) in [5.74, 6) is 1.70. The number of aliphatic hydroxyl groups excluding tert-OH is 1. The fourth-order valence-electron chi connectivity index (χ4n) is 3.13. The van der Waals surface area contributed by atoms with Crippen LogP contribution in [0.1, 0.15) is 52.4 Å². The molecule has 0 aliphatic heterocycles. The lowest BCUT2D eigenvalue weighted by Crippen LogP contribution is -2.41. The number of rotatable bonds is 6. The van der Waals surface area contributed by atoms with E-state index in [0.29, 0.717) is 6.61 Å². The molecule has 2 nitrogen and oxygen atoms in total. The van der Waals surface area contributed by atoms with Gasteiger partial charge in [-0.15, -0.1) is 0 Å². The first-order valence-corrected chi connectivity index (χ1v) is 6.96. The molecule has 1 N–H and O–H groups in total. The van der Waals surface area contributed by atoms with Crippen molar-refractivity contribution in [3.8, 4) is 0 Å². The number of nitrogens with zero attached hydrogens (tertiary/aromatic N) is 1. The topological polar surface area (TPSA) is 23.5 Å². The van der Waals surface area contributed by atoms with Crippen LogP contribution in [0.15, 0.2) is 0 Å². The highest BCUT2D eigenvalue weighted by Gasteiger charge is 2.28. The van der Waals surface area contributed by atoms with Gasteiger partial charge in [-0.2, -0.15) is 0 Å². The van der Waals surface area contributed by atoms with Crippen molar-refractivity contribution in [1.29, 1.82) is 0 Å². The van der Waals surface area contributed by atoms with Crippen LogP contribution in [-0.2, 0) is 0 Å². The Labute approximate surface area is 101 Å². The third kappa shape index (κ3) is 4.42. The van der Waals surface area contributed by atoms with E-state index < -0.39 is 0 Å². The van der Waals surface area contributed by atoms with Crippen molar-refractivity contribution >= 4 is 0 Å². The molecule has 0 aromatic heterocycles. The lowest BCUT2D eigenvalue weighted by atomic mass is 9.79. The molecule has 2 heteroatoms. The van der Waals surface area contributed by atoms with Crippen LogP contribution >= 0.6 is 0 Å². The van der Waals surface area contributed by atoms with Crippen LogP contribution in [0.25, 0.3) is 0 Å². The Hall–Kier alpha value is -0.0800. The highest BCUT2D eigenvalue weighted by molar-refractivity contribution is 4.82. The minimum absolute atomic E-state index is 0.325. The third-order valence-corrected chi connectivity index (χ3v) is 3.88. The quantitative estimate of drug-likeness (QED) is 0.754. The minimum atomic E-state index is 0.325. The molecule has 1 fully saturated rings. The summed E-state index contributed by atoms with van der Waals surface area (Å²) in [6.07, 6.45) is 7.87. The number of hydrogen-bond acceptors (Lipinski definition) is 2. The lowest BCUT2D eigenvalue weighted by molar-refractivity contribution is 0.108. The normalized spacial score (nSPS) is 26.6. The molecule has 1 aliphatic carbocycles. The Balaban J connectivity index is 2.45. The van der Waals surface area contributed by atoms with Gasteiger partial charge in [-0.1, -0.05) is 26.7 Å². The number of hydrogen-bond donors (Lipinski definition) is 1. The van der Waals surface area contributed by atoms with Crippen molar-refractivity contribution in [3.05, 3.63) is 0 Å². The maximum Gasteiger partial charge on any atom is 0.0443 e. The second-order valence-electron chi connectivity index (χ2n) is 5.80. The van der Waals surface area contributed by atoms with Crippen molar-refractivity contribution < 1.29 is 5.11 Å². The summed E-state index contributed by atoms with van der Waals surface area (Å²) in [5.41, 5.74) is 0. The van der Waals surface area contributed by atoms with Crippen LogP contribution in [0.2, 0.25) is 0 Å². The molecular formula is C14H29NO. The second kappa shape index (κ2) is 7.29. The Morgan fingerprint density at radius 1 is 1.25 bits per heavy atom. The van der Waals surface area contributed by atoms with Crippen LogP contribution in [0, 0.1) is 11.8 Å². The summed E-state index contributed by atoms with van der Waals surface area (Å²) in [5, 5.41) is 8.90. The van der Waals surface area contributed by atoms with Gasteiger partial charge in [0.25, 0.3) is 0 Å². The summed E-state index contributed by atoms with van der Waals surface area (Å²) >= 11 is 0. The van der Waals surface area contributed by atoms with E-state index in [-0.39, 0.29) is 0 Å². The maximum absolute atomic E-state index is 8.90. The third-order valence-electron chi connectivity index (χ3n) is 3.88. The first kappa shape index (κ1) is 14.0. The van der Waals surface area contributed by atoms with Gasteiger partial charge in [-0.25, -0.2) is 0 Å². The first-order valence-electron chi connectivity index (χ1n) is 6.96. The monoisotopic (exact) mass is 227 g/mol. The molecular weight excluding hydrogens is 198 g/mol. The summed E-state index contributed by atoms with van der Waals surface area (Å²) < 4.78 is 0. The molecule has 0 aromatic rings. The van der Waals surface area contributed by atoms with Crippen LogP contribution in [0.5, 0.6) is 0 Å². The summed E-state index contributed by atoms with van der Waals surface area (Å²) in [7, 11) is 2.24. The van der Waals surface area contributed by atoms with Crippen molar-refractivity contribution in [2.75, 3.05) is 20.2 Å². The van der Waals surface area contributed by atoms with Crippen LogP contribution in [0.4, 0.5) is 0 Å². The predicted molar refractivity (Wildman–Crippen MR) is 69.5 cm³/mol. The predicted octanol–water partition coefficient (Wildman–Crippen LogP) is 2.91. The zero-order valence-electron chi connectivity index (χ0n) is 11.3. The van der Waals surface area contributed by atoms with Gasteiger partial charge in [0.05, 0.1) is 0 Å². The van der Waals surface area contributed by atoms with E-state index >= 15 is 0 Å². The van der Waals surface area contributed by atoms with Gasteiger partial charge < -0.3 is 10.0 Å². The molecule has 0 spiro atoms. The standard InChI is InChI=1S/C14H29NO/c1-12(2)11-13-7-4-5-8-14(13)15(3)9-6-10-16/h12-14,16H,4-11H2,1-3H3. The lowest BCUT2D eigenvalue weighted by Gasteiger charge is -2.39. The fraction of sp³-hybridized carbons (Fsp3) is 1.00. The summed E-state index contributed by atoms with van der Waals surface area (Å²) in [4.78, 5) is 2.49. The average molecular weight is 227 g/mol. The van der Waals surface area contributed by atoms with Gasteiger partial charge in [0.1, 0.15) is 0 Å². The van der Waals surface area contributed by atoms with Gasteiger partial charge in [0.2, 0.25) is 0 Å². The van der Waals surface area contributed by atoms with Gasteiger partial charge in [0, 0.05) is 19.2 Å². The maximum atomic E-state index is 8.90. The van der Waals surface area contributed by atoms with Gasteiger partial charge in [-0.3, -0.25) is 0 Å². The van der Waals surface area contributed by atoms with Crippen molar-refractivity contribution in [1.82, 2.24) is 4.90 Å². The first-order chi connectivity index (χ1) is 7.65. The van der Waals surface area contributed by atoms with Crippen molar-refractivity contribution in [3.63, 3.8) is 0 Å². The van der Waals surface area contributed by atoms with E-state index in [1.807, 2.05) is 0 Å². The highest BCUT2D eigenvalue weighted by atomic mass is 16.3. The summed E-state index contributed by atoms with van der Waals surface area (Å²) in [6.45, 7) is 6.04. The van der Waals surface area contributed by atoms with E-state index in [9.17, 15) is 0 Å². The van der Waals surface area contributed by atoms with Gasteiger partial charge in [-0.05, 0) is 44.6 Å². The molecule has 0 bridgehead atoms. The highest BCUT2D eigenvalue weighted by Crippen LogP contribution is 2.32. The van der Waals surface area contributed by atoms with Crippen molar-refractivity contribution in [2.24, 2.45) is 11.8 Å². The molecule has 0 heterocycles. The van der Waals surface area contributed by atoms with E-state index in [4.69, 9.17) is 5.11 Å². The average Bonchev–Trinajstić information content (AvgIpc) is 2.26. The zero-order valence-corrected chi connectivity index (χ0v) is 11.3. The Morgan fingerprint density at radius 3 is 2.56 bits per heavy atom. The Bertz CT molecular complexity index is 182. The molecule has 2 atom stereocenters. The largest absolute Gasteiger partial charge is 0.396 e. The minimum Gasteiger partial charge on any atom is -0.396 e. The van der Waals surface area contributed by atoms with E-state index in [0.717, 1.165) is 30.8 Å². The molecule has 0 amide bonds. The molecule has 0 radical (unpaired) electrons. The molecule has 16 heavy (non-hydrogen) atoms. The molecule has 1 saturated carbocycles. The Kier molecular flexibility index (Phi) is 6.37. The Morgan fingerprint density at radius 2 is 1.94 bits per heavy atom. The number of aliphatic hydroxyl groups is 1. The molecule has 0 saturated heterocycles. The fourth-order valence-corrected chi connectivity index (χ4v) is 3.13. The molecule has 1 rings (SSSR count). The van der Waals surface area contributed by atoms with E-state index in [1.165, 1.54) is 32.1 Å². The second-order valence-corrected chi connectivity index (χ2v) is 5.80. The van der Waals surface area contributed by atoms with Crippen LogP contribution in [-0.4, -0.2) is 36.2 Å². The molecule has 96 valence electrons. The summed E-state index contributed by atoms with van der Waals surface area (Å²) in [6, 6.07) is 0.766. The van der Waals surface area contributed by atoms with Gasteiger partial charge >= 0.3 is 0 Å². The van der Waals surface area contributed by atoms with E-state index in [2.05, 4.69) is 25.8 Å². The van der Waals surface area contributed by atoms with E-state index in [1.54, 1.807) is 0 Å². The van der Waals surface area contributed by atoms with Crippen molar-refractivity contribution in [2.45, 2.75) is 58.4 Å². The van der Waals surface area contributed by atoms with Crippen LogP contribution < -0.4 is 0 Å². The zero-order chi connectivity index (χ0) is 12.0. The SMILES string of the molecule is CC(C)CC1CCCCC1N(C)CCCO. The molecule has 1 aliphatic rings. The van der Waals surface area contributed by atoms with Crippen LogP contribution in [0.3, 0.4) is 0 Å². The molecule has 0 aromatic carbocycles. The smallest absolute Gasteiger partial charge is 0.0443 e. The van der Waals surface area contributed by atoms with Gasteiger partial charge in [0.15, 0.2) is 0 Å². The molecule has 2 unspecified atom stereocenters.